The van der Waals surface area contributed by atoms with Crippen LogP contribution in [0.25, 0.3) is 11.5 Å². The van der Waals surface area contributed by atoms with E-state index < -0.39 is 0 Å². The van der Waals surface area contributed by atoms with Gasteiger partial charge in [0.15, 0.2) is 11.5 Å². The van der Waals surface area contributed by atoms with Gasteiger partial charge in [-0.15, -0.1) is 0 Å². The molecule has 104 valence electrons. The quantitative estimate of drug-likeness (QED) is 0.714. The third kappa shape index (κ3) is 1.68. The van der Waals surface area contributed by atoms with E-state index in [0.29, 0.717) is 17.2 Å². The van der Waals surface area contributed by atoms with E-state index in [0.717, 1.165) is 24.2 Å². The van der Waals surface area contributed by atoms with E-state index in [4.69, 9.17) is 5.73 Å². The summed E-state index contributed by atoms with van der Waals surface area (Å²) in [6.45, 7) is 4.02. The predicted molar refractivity (Wildman–Crippen MR) is 73.9 cm³/mol. The van der Waals surface area contributed by atoms with Crippen molar-refractivity contribution < 1.29 is 0 Å². The number of rotatable bonds is 3. The number of hydrogen-bond donors (Lipinski definition) is 2. The number of nitrogen functional groups attached to an aromatic ring is 1. The Bertz CT molecular complexity index is 826. The van der Waals surface area contributed by atoms with Crippen LogP contribution in [0.4, 0.5) is 5.69 Å². The third-order valence-corrected chi connectivity index (χ3v) is 3.28. The monoisotopic (exact) mass is 273 g/mol. The van der Waals surface area contributed by atoms with Crippen LogP contribution in [0, 0.1) is 0 Å². The molecule has 0 saturated carbocycles. The molecule has 0 aromatic carbocycles. The molecule has 0 fully saturated rings. The molecule has 3 rings (SSSR count). The van der Waals surface area contributed by atoms with Gasteiger partial charge < -0.3 is 5.73 Å². The molecule has 3 N–H and O–H groups in total. The number of aromatic nitrogens is 6. The van der Waals surface area contributed by atoms with Crippen LogP contribution < -0.4 is 11.4 Å². The molecule has 0 aliphatic rings. The molecule has 0 unspecified atom stereocenters. The largest absolute Gasteiger partial charge is 0.396 e. The van der Waals surface area contributed by atoms with Gasteiger partial charge in [0.2, 0.25) is 0 Å². The van der Waals surface area contributed by atoms with Gasteiger partial charge in [-0.3, -0.25) is 0 Å². The minimum absolute atomic E-state index is 0.316. The summed E-state index contributed by atoms with van der Waals surface area (Å²) in [6, 6.07) is 1.70. The molecular weight excluding hydrogens is 258 g/mol. The first kappa shape index (κ1) is 12.4. The molecule has 0 atom stereocenters. The zero-order valence-electron chi connectivity index (χ0n) is 11.3. The van der Waals surface area contributed by atoms with Gasteiger partial charge in [-0.2, -0.15) is 10.2 Å². The van der Waals surface area contributed by atoms with Crippen molar-refractivity contribution in [3.63, 3.8) is 0 Å². The van der Waals surface area contributed by atoms with Gasteiger partial charge in [-0.1, -0.05) is 13.8 Å². The third-order valence-electron chi connectivity index (χ3n) is 3.28. The summed E-state index contributed by atoms with van der Waals surface area (Å²) in [5, 5.41) is 10.8. The number of H-pyrrole nitrogens is 1. The highest BCUT2D eigenvalue weighted by Crippen LogP contribution is 2.21. The summed E-state index contributed by atoms with van der Waals surface area (Å²) >= 11 is 0. The molecule has 0 saturated heterocycles. The average molecular weight is 273 g/mol. The number of aryl methyl sites for hydroxylation is 1. The number of nitrogens with one attached hydrogen (secondary N) is 1. The van der Waals surface area contributed by atoms with E-state index >= 15 is 0 Å². The highest BCUT2D eigenvalue weighted by atomic mass is 16.1. The van der Waals surface area contributed by atoms with Crippen molar-refractivity contribution in [2.75, 3.05) is 5.73 Å². The molecular formula is C12H15N7O. The second-order valence-corrected chi connectivity index (χ2v) is 4.43. The normalized spacial score (nSPS) is 11.3. The first-order chi connectivity index (χ1) is 9.65. The second-order valence-electron chi connectivity index (χ2n) is 4.43. The average Bonchev–Trinajstić information content (AvgIpc) is 2.99. The van der Waals surface area contributed by atoms with Crippen molar-refractivity contribution >= 4 is 11.3 Å². The summed E-state index contributed by atoms with van der Waals surface area (Å²) in [5.74, 6) is 0.597. The molecule has 20 heavy (non-hydrogen) atoms. The van der Waals surface area contributed by atoms with Crippen LogP contribution in [-0.4, -0.2) is 29.4 Å². The number of anilines is 1. The Morgan fingerprint density at radius 2 is 2.15 bits per heavy atom. The first-order valence-electron chi connectivity index (χ1n) is 6.45. The summed E-state index contributed by atoms with van der Waals surface area (Å²) in [4.78, 5) is 15.7. The van der Waals surface area contributed by atoms with Gasteiger partial charge >= 0.3 is 5.69 Å². The lowest BCUT2D eigenvalue weighted by molar-refractivity contribution is 0.767. The maximum Gasteiger partial charge on any atom is 0.348 e. The molecule has 0 aliphatic carbocycles. The number of fused-ring (bicyclic) bond motifs is 1. The zero-order valence-corrected chi connectivity index (χ0v) is 11.3. The summed E-state index contributed by atoms with van der Waals surface area (Å²) < 4.78 is 3.05. The smallest absolute Gasteiger partial charge is 0.348 e. The van der Waals surface area contributed by atoms with Gasteiger partial charge in [-0.05, 0) is 12.8 Å². The van der Waals surface area contributed by atoms with Gasteiger partial charge in [0.25, 0.3) is 0 Å². The Balaban J connectivity index is 2.22. The first-order valence-corrected chi connectivity index (χ1v) is 6.45. The van der Waals surface area contributed by atoms with E-state index in [9.17, 15) is 4.79 Å². The van der Waals surface area contributed by atoms with Crippen LogP contribution in [0.2, 0.25) is 0 Å². The minimum atomic E-state index is -0.316. The van der Waals surface area contributed by atoms with Crippen LogP contribution >= 0.6 is 0 Å². The van der Waals surface area contributed by atoms with Gasteiger partial charge in [-0.25, -0.2) is 24.0 Å². The molecule has 0 radical (unpaired) electrons. The summed E-state index contributed by atoms with van der Waals surface area (Å²) in [7, 11) is 0. The van der Waals surface area contributed by atoms with Gasteiger partial charge in [0, 0.05) is 6.07 Å². The van der Waals surface area contributed by atoms with Gasteiger partial charge in [0.05, 0.1) is 17.1 Å². The lowest BCUT2D eigenvalue weighted by atomic mass is 10.2. The van der Waals surface area contributed by atoms with Crippen molar-refractivity contribution in [1.82, 2.24) is 29.4 Å². The summed E-state index contributed by atoms with van der Waals surface area (Å²) in [6.07, 6.45) is 2.94. The van der Waals surface area contributed by atoms with Gasteiger partial charge in [0.1, 0.15) is 6.33 Å². The Hall–Kier alpha value is -2.64. The van der Waals surface area contributed by atoms with Crippen LogP contribution in [0.15, 0.2) is 17.2 Å². The molecule has 3 aromatic rings. The number of aromatic amines is 1. The second kappa shape index (κ2) is 4.48. The molecule has 0 bridgehead atoms. The Kier molecular flexibility index (Phi) is 2.78. The van der Waals surface area contributed by atoms with Crippen molar-refractivity contribution in [2.24, 2.45) is 0 Å². The van der Waals surface area contributed by atoms with Crippen molar-refractivity contribution in [1.29, 1.82) is 0 Å². The highest BCUT2D eigenvalue weighted by molar-refractivity contribution is 5.52. The van der Waals surface area contributed by atoms with Crippen molar-refractivity contribution in [3.8, 4) is 5.82 Å². The lowest BCUT2D eigenvalue weighted by Gasteiger charge is -2.05. The lowest BCUT2D eigenvalue weighted by Crippen LogP contribution is -2.11. The summed E-state index contributed by atoms with van der Waals surface area (Å²) in [5.41, 5.74) is 8.74. The SMILES string of the molecule is CCc1nn(-c2cc3n[nH]c(=O)n3cn2)c(CC)c1N. The van der Waals surface area contributed by atoms with Crippen LogP contribution in [0.5, 0.6) is 0 Å². The predicted octanol–water partition coefficient (Wildman–Crippen LogP) is 0.310. The number of nitrogens with two attached hydrogens (primary N) is 1. The van der Waals surface area contributed by atoms with E-state index in [1.54, 1.807) is 10.7 Å². The molecule has 8 heteroatoms. The van der Waals surface area contributed by atoms with E-state index in [2.05, 4.69) is 20.3 Å². The Labute approximate surface area is 114 Å². The molecule has 3 aromatic heterocycles. The standard InChI is InChI=1S/C12H15N7O/c1-3-7-11(13)8(4-2)19(17-7)9-5-10-15-16-12(20)18(10)6-14-9/h5-6H,3-4,13H2,1-2H3,(H,16,20). The van der Waals surface area contributed by atoms with Crippen molar-refractivity contribution in [2.45, 2.75) is 26.7 Å². The van der Waals surface area contributed by atoms with Crippen LogP contribution in [-0.2, 0) is 12.8 Å². The maximum absolute atomic E-state index is 11.4. The van der Waals surface area contributed by atoms with E-state index in [-0.39, 0.29) is 5.69 Å². The Morgan fingerprint density at radius 3 is 2.85 bits per heavy atom. The molecule has 0 amide bonds. The topological polar surface area (TPSA) is 107 Å². The molecule has 0 spiro atoms. The molecule has 3 heterocycles. The van der Waals surface area contributed by atoms with Crippen LogP contribution in [0.1, 0.15) is 25.2 Å². The van der Waals surface area contributed by atoms with Crippen molar-refractivity contribution in [3.05, 3.63) is 34.3 Å². The zero-order chi connectivity index (χ0) is 14.3. The maximum atomic E-state index is 11.4. The fourth-order valence-corrected chi connectivity index (χ4v) is 2.22. The molecule has 8 nitrogen and oxygen atoms in total. The Morgan fingerprint density at radius 1 is 1.35 bits per heavy atom. The number of nitrogens with zero attached hydrogens (tertiary/aromatic N) is 5. The highest BCUT2D eigenvalue weighted by Gasteiger charge is 2.15. The van der Waals surface area contributed by atoms with E-state index in [1.807, 2.05) is 13.8 Å². The van der Waals surface area contributed by atoms with E-state index in [1.165, 1.54) is 10.7 Å². The fourth-order valence-electron chi connectivity index (χ4n) is 2.22. The minimum Gasteiger partial charge on any atom is -0.396 e. The molecule has 0 aliphatic heterocycles. The fraction of sp³-hybridized carbons (Fsp3) is 0.333. The van der Waals surface area contributed by atoms with Crippen LogP contribution in [0.3, 0.4) is 0 Å². The number of hydrogen-bond acceptors (Lipinski definition) is 5.